The van der Waals surface area contributed by atoms with Crippen LogP contribution < -0.4 is 19.8 Å². The molecular formula is C24H30BrN3O3. The van der Waals surface area contributed by atoms with Gasteiger partial charge in [-0.3, -0.25) is 4.79 Å². The number of carbonyl (C=O) groups is 1. The number of nitrogens with zero attached hydrogens (tertiary/aromatic N) is 2. The van der Waals surface area contributed by atoms with Crippen LogP contribution in [0.15, 0.2) is 46.0 Å². The Hall–Kier alpha value is -2.54. The Morgan fingerprint density at radius 3 is 2.58 bits per heavy atom. The third-order valence-corrected chi connectivity index (χ3v) is 5.80. The molecule has 0 aliphatic carbocycles. The summed E-state index contributed by atoms with van der Waals surface area (Å²) in [5.74, 6) is 1.07. The molecule has 0 saturated carbocycles. The fourth-order valence-corrected chi connectivity index (χ4v) is 3.91. The molecule has 0 spiro atoms. The lowest BCUT2D eigenvalue weighted by Crippen LogP contribution is -2.19. The van der Waals surface area contributed by atoms with Crippen molar-refractivity contribution in [2.24, 2.45) is 5.10 Å². The molecule has 2 aromatic rings. The van der Waals surface area contributed by atoms with Crippen molar-refractivity contribution in [1.82, 2.24) is 5.43 Å². The maximum atomic E-state index is 12.4. The third kappa shape index (κ3) is 6.23. The Labute approximate surface area is 192 Å². The van der Waals surface area contributed by atoms with E-state index < -0.39 is 0 Å². The second kappa shape index (κ2) is 11.2. The number of amides is 1. The van der Waals surface area contributed by atoms with Crippen LogP contribution in [0.1, 0.15) is 56.0 Å². The van der Waals surface area contributed by atoms with Crippen LogP contribution in [0, 0.1) is 0 Å². The highest BCUT2D eigenvalue weighted by Crippen LogP contribution is 2.37. The predicted molar refractivity (Wildman–Crippen MR) is 129 cm³/mol. The molecule has 3 rings (SSSR count). The number of rotatable bonds is 9. The molecule has 0 radical (unpaired) electrons. The molecule has 1 aliphatic heterocycles. The molecule has 1 atom stereocenters. The highest BCUT2D eigenvalue weighted by molar-refractivity contribution is 9.10. The number of halogens is 1. The van der Waals surface area contributed by atoms with Gasteiger partial charge < -0.3 is 14.4 Å². The number of hydrogen-bond acceptors (Lipinski definition) is 5. The van der Waals surface area contributed by atoms with E-state index in [0.29, 0.717) is 23.7 Å². The van der Waals surface area contributed by atoms with Gasteiger partial charge in [-0.2, -0.15) is 5.10 Å². The first-order valence-electron chi connectivity index (χ1n) is 10.8. The zero-order valence-corrected chi connectivity index (χ0v) is 19.9. The van der Waals surface area contributed by atoms with Gasteiger partial charge in [-0.25, -0.2) is 5.43 Å². The van der Waals surface area contributed by atoms with E-state index in [1.165, 1.54) is 12.8 Å². The van der Waals surface area contributed by atoms with E-state index in [2.05, 4.69) is 38.3 Å². The van der Waals surface area contributed by atoms with Crippen molar-refractivity contribution in [3.05, 3.63) is 52.0 Å². The zero-order valence-electron chi connectivity index (χ0n) is 18.4. The van der Waals surface area contributed by atoms with Gasteiger partial charge in [-0.05, 0) is 91.0 Å². The average molecular weight is 488 g/mol. The van der Waals surface area contributed by atoms with Crippen molar-refractivity contribution in [3.63, 3.8) is 0 Å². The molecule has 6 nitrogen and oxygen atoms in total. The summed E-state index contributed by atoms with van der Waals surface area (Å²) in [6, 6.07) is 11.4. The standard InChI is InChI=1S/C24H30BrN3O3/c1-4-17(3)31-23-21(25)14-18(15-22(23)30-5-2)16-26-27-24(29)19-8-10-20(11-9-19)28-12-6-7-13-28/h8-11,14-17H,4-7,12-13H2,1-3H3,(H,27,29)/b26-16-/t17-/m0/s1. The topological polar surface area (TPSA) is 63.2 Å². The third-order valence-electron chi connectivity index (χ3n) is 5.21. The molecular weight excluding hydrogens is 458 g/mol. The fourth-order valence-electron chi connectivity index (χ4n) is 3.35. The minimum Gasteiger partial charge on any atom is -0.490 e. The van der Waals surface area contributed by atoms with Gasteiger partial charge in [0.25, 0.3) is 5.91 Å². The average Bonchev–Trinajstić information content (AvgIpc) is 3.31. The Balaban J connectivity index is 1.66. The first kappa shape index (κ1) is 23.1. The molecule has 166 valence electrons. The van der Waals surface area contributed by atoms with Gasteiger partial charge in [-0.1, -0.05) is 6.92 Å². The van der Waals surface area contributed by atoms with E-state index in [0.717, 1.165) is 35.2 Å². The van der Waals surface area contributed by atoms with Gasteiger partial charge in [0.1, 0.15) is 0 Å². The van der Waals surface area contributed by atoms with Crippen LogP contribution in [0.5, 0.6) is 11.5 Å². The molecule has 0 unspecified atom stereocenters. The van der Waals surface area contributed by atoms with Crippen LogP contribution >= 0.6 is 15.9 Å². The van der Waals surface area contributed by atoms with Crippen LogP contribution in [-0.2, 0) is 0 Å². The van der Waals surface area contributed by atoms with Gasteiger partial charge in [0.2, 0.25) is 0 Å². The number of anilines is 1. The van der Waals surface area contributed by atoms with Crippen LogP contribution in [0.3, 0.4) is 0 Å². The normalized spacial score (nSPS) is 14.6. The van der Waals surface area contributed by atoms with E-state index >= 15 is 0 Å². The molecule has 31 heavy (non-hydrogen) atoms. The summed E-state index contributed by atoms with van der Waals surface area (Å²) >= 11 is 3.56. The second-order valence-corrected chi connectivity index (χ2v) is 8.39. The molecule has 1 N–H and O–H groups in total. The number of carbonyl (C=O) groups excluding carboxylic acids is 1. The van der Waals surface area contributed by atoms with Gasteiger partial charge in [0.05, 0.1) is 23.4 Å². The fraction of sp³-hybridized carbons (Fsp3) is 0.417. The minimum atomic E-state index is -0.245. The maximum absolute atomic E-state index is 12.4. The second-order valence-electron chi connectivity index (χ2n) is 7.54. The Morgan fingerprint density at radius 1 is 1.23 bits per heavy atom. The van der Waals surface area contributed by atoms with Crippen molar-refractivity contribution in [2.45, 2.75) is 46.1 Å². The number of hydrogen-bond donors (Lipinski definition) is 1. The van der Waals surface area contributed by atoms with Crippen LogP contribution in [-0.4, -0.2) is 37.9 Å². The first-order valence-corrected chi connectivity index (χ1v) is 11.6. The van der Waals surface area contributed by atoms with Crippen molar-refractivity contribution in [1.29, 1.82) is 0 Å². The predicted octanol–water partition coefficient (Wildman–Crippen LogP) is 5.39. The summed E-state index contributed by atoms with van der Waals surface area (Å²) in [5.41, 5.74) is 5.12. The molecule has 2 aromatic carbocycles. The van der Waals surface area contributed by atoms with Gasteiger partial charge in [-0.15, -0.1) is 0 Å². The van der Waals surface area contributed by atoms with E-state index in [4.69, 9.17) is 9.47 Å². The summed E-state index contributed by atoms with van der Waals surface area (Å²) < 4.78 is 12.5. The number of nitrogens with one attached hydrogen (secondary N) is 1. The molecule has 1 aliphatic rings. The monoisotopic (exact) mass is 487 g/mol. The van der Waals surface area contributed by atoms with Gasteiger partial charge in [0.15, 0.2) is 11.5 Å². The lowest BCUT2D eigenvalue weighted by Gasteiger charge is -2.18. The molecule has 1 amide bonds. The van der Waals surface area contributed by atoms with E-state index in [9.17, 15) is 4.79 Å². The Morgan fingerprint density at radius 2 is 1.94 bits per heavy atom. The molecule has 1 fully saturated rings. The SMILES string of the molecule is CCOc1cc(/C=N\NC(=O)c2ccc(N3CCCC3)cc2)cc(Br)c1O[C@@H](C)CC. The molecule has 1 heterocycles. The summed E-state index contributed by atoms with van der Waals surface area (Å²) in [6.07, 6.45) is 5.01. The lowest BCUT2D eigenvalue weighted by molar-refractivity contribution is 0.0955. The first-order chi connectivity index (χ1) is 15.0. The van der Waals surface area contributed by atoms with Gasteiger partial charge in [0, 0.05) is 24.3 Å². The quantitative estimate of drug-likeness (QED) is 0.380. The van der Waals surface area contributed by atoms with Crippen molar-refractivity contribution in [3.8, 4) is 11.5 Å². The molecule has 0 aromatic heterocycles. The van der Waals surface area contributed by atoms with Crippen LogP contribution in [0.2, 0.25) is 0 Å². The number of benzene rings is 2. The Bertz CT molecular complexity index is 909. The summed E-state index contributed by atoms with van der Waals surface area (Å²) in [7, 11) is 0. The highest BCUT2D eigenvalue weighted by Gasteiger charge is 2.15. The lowest BCUT2D eigenvalue weighted by atomic mass is 10.2. The van der Waals surface area contributed by atoms with Crippen molar-refractivity contribution < 1.29 is 14.3 Å². The maximum Gasteiger partial charge on any atom is 0.271 e. The summed E-state index contributed by atoms with van der Waals surface area (Å²) in [5, 5.41) is 4.11. The smallest absolute Gasteiger partial charge is 0.271 e. The molecule has 0 bridgehead atoms. The molecule has 7 heteroatoms. The van der Waals surface area contributed by atoms with Gasteiger partial charge >= 0.3 is 0 Å². The highest BCUT2D eigenvalue weighted by atomic mass is 79.9. The van der Waals surface area contributed by atoms with E-state index in [1.807, 2.05) is 50.2 Å². The van der Waals surface area contributed by atoms with Crippen LogP contribution in [0.4, 0.5) is 5.69 Å². The summed E-state index contributed by atoms with van der Waals surface area (Å²) in [4.78, 5) is 14.8. The van der Waals surface area contributed by atoms with E-state index in [1.54, 1.807) is 6.21 Å². The minimum absolute atomic E-state index is 0.0752. The van der Waals surface area contributed by atoms with Crippen molar-refractivity contribution >= 4 is 33.7 Å². The Kier molecular flexibility index (Phi) is 8.35. The number of hydrazone groups is 1. The van der Waals surface area contributed by atoms with Crippen molar-refractivity contribution in [2.75, 3.05) is 24.6 Å². The largest absolute Gasteiger partial charge is 0.490 e. The van der Waals surface area contributed by atoms with Crippen LogP contribution in [0.25, 0.3) is 0 Å². The number of ether oxygens (including phenoxy) is 2. The molecule has 1 saturated heterocycles. The zero-order chi connectivity index (χ0) is 22.2. The van der Waals surface area contributed by atoms with E-state index in [-0.39, 0.29) is 12.0 Å². The summed E-state index contributed by atoms with van der Waals surface area (Å²) in [6.45, 7) is 8.70.